The molecule has 5 unspecified atom stereocenters. The number of carbonyl (C=O) groups excluding carboxylic acids is 3. The third-order valence-corrected chi connectivity index (χ3v) is 19.9. The van der Waals surface area contributed by atoms with Crippen LogP contribution in [0.2, 0.25) is 0 Å². The Kier molecular flexibility index (Phi) is 79.4. The number of allylic oxidation sites excluding steroid dienone is 24. The number of aliphatic hydroxyl groups excluding tert-OH is 2. The maximum atomic E-state index is 13.0. The molecule has 0 fully saturated rings. The molecule has 16 nitrogen and oxygen atoms in total. The topological polar surface area (TPSA) is 231 Å². The molecule has 5 atom stereocenters. The lowest BCUT2D eigenvalue weighted by Crippen LogP contribution is -2.30. The van der Waals surface area contributed by atoms with Gasteiger partial charge in [0.05, 0.1) is 26.4 Å². The van der Waals surface area contributed by atoms with Gasteiger partial charge in [0.25, 0.3) is 0 Å². The van der Waals surface area contributed by atoms with Crippen molar-refractivity contribution in [2.75, 3.05) is 39.6 Å². The zero-order chi connectivity index (χ0) is 79.4. The second-order valence-corrected chi connectivity index (χ2v) is 31.5. The highest BCUT2D eigenvalue weighted by Gasteiger charge is 2.29. The molecule has 0 rings (SSSR count). The Hall–Kier alpha value is -4.57. The smallest absolute Gasteiger partial charge is 0.463 e. The van der Waals surface area contributed by atoms with Crippen LogP contribution in [-0.2, 0) is 55.8 Å². The van der Waals surface area contributed by atoms with E-state index in [1.54, 1.807) is 0 Å². The largest absolute Gasteiger partial charge is 0.472 e. The van der Waals surface area contributed by atoms with Crippen molar-refractivity contribution in [2.24, 2.45) is 0 Å². The number of carbonyl (C=O) groups is 3. The Morgan fingerprint density at radius 1 is 0.266 bits per heavy atom. The summed E-state index contributed by atoms with van der Waals surface area (Å²) in [7, 11) is -9.81. The summed E-state index contributed by atoms with van der Waals surface area (Å²) in [5.41, 5.74) is 0. The normalized spacial score (nSPS) is 14.6. The van der Waals surface area contributed by atoms with E-state index in [9.17, 15) is 43.5 Å². The highest BCUT2D eigenvalue weighted by molar-refractivity contribution is 7.47. The van der Waals surface area contributed by atoms with E-state index in [0.29, 0.717) is 19.3 Å². The van der Waals surface area contributed by atoms with Crippen molar-refractivity contribution in [1.29, 1.82) is 0 Å². The number of phosphoric acid groups is 2. The fraction of sp³-hybridized carbons (Fsp3) is 0.703. The lowest BCUT2D eigenvalue weighted by molar-refractivity contribution is -0.161. The van der Waals surface area contributed by atoms with Crippen LogP contribution < -0.4 is 0 Å². The van der Waals surface area contributed by atoms with Gasteiger partial charge in [0.1, 0.15) is 25.4 Å². The van der Waals surface area contributed by atoms with E-state index >= 15 is 0 Å². The molecule has 0 radical (unpaired) electrons. The molecular weight excluding hydrogens is 1410 g/mol. The number of hydrogen-bond donors (Lipinski definition) is 4. The van der Waals surface area contributed by atoms with Crippen LogP contribution in [0.3, 0.4) is 0 Å². The number of phosphoric ester groups is 2. The third-order valence-electron chi connectivity index (χ3n) is 18.0. The van der Waals surface area contributed by atoms with Gasteiger partial charge in [0.15, 0.2) is 6.10 Å². The van der Waals surface area contributed by atoms with Crippen LogP contribution in [0, 0.1) is 0 Å². The average molecular weight is 1570 g/mol. The van der Waals surface area contributed by atoms with Gasteiger partial charge in [-0.25, -0.2) is 9.13 Å². The molecule has 0 bridgehead atoms. The Morgan fingerprint density at radius 2 is 0.486 bits per heavy atom. The molecular formula is C91H156O16P2. The van der Waals surface area contributed by atoms with Crippen molar-refractivity contribution in [1.82, 2.24) is 0 Å². The Morgan fingerprint density at radius 3 is 0.771 bits per heavy atom. The molecule has 0 aromatic carbocycles. The quantitative estimate of drug-likeness (QED) is 0.0146. The Labute approximate surface area is 664 Å². The zero-order valence-corrected chi connectivity index (χ0v) is 70.5. The maximum Gasteiger partial charge on any atom is 0.472 e. The van der Waals surface area contributed by atoms with E-state index in [-0.39, 0.29) is 19.3 Å². The number of aliphatic hydroxyl groups is 2. The first-order valence-electron chi connectivity index (χ1n) is 43.1. The maximum absolute atomic E-state index is 13.0. The van der Waals surface area contributed by atoms with Crippen LogP contribution in [0.4, 0.5) is 0 Å². The molecule has 0 saturated carbocycles. The molecule has 109 heavy (non-hydrogen) atoms. The van der Waals surface area contributed by atoms with E-state index in [1.807, 2.05) is 0 Å². The number of hydrogen-bond acceptors (Lipinski definition) is 14. The summed E-state index contributed by atoms with van der Waals surface area (Å²) in [5, 5.41) is 20.7. The van der Waals surface area contributed by atoms with Crippen LogP contribution in [0.5, 0.6) is 0 Å². The van der Waals surface area contributed by atoms with Crippen molar-refractivity contribution >= 4 is 33.6 Å². The summed E-state index contributed by atoms with van der Waals surface area (Å²) in [6.45, 7) is 2.43. The van der Waals surface area contributed by atoms with Crippen LogP contribution in [0.15, 0.2) is 146 Å². The molecule has 0 amide bonds. The molecule has 18 heteroatoms. The minimum atomic E-state index is -4.94. The van der Waals surface area contributed by atoms with Crippen molar-refractivity contribution < 1.29 is 75.8 Å². The standard InChI is InChI=1S/C91H156O16P2/c1-4-7-10-13-16-19-22-25-28-31-33-35-36-37-38-39-40-41-42-43-44-45-46-47-48-50-52-54-56-59-62-65-68-71-74-77-89(94)101-80-86(92)81-103-108(97,98)104-82-87(93)83-105-109(99,100)106-85-88(107-91(96)79-76-73-70-67-64-61-58-53-30-27-24-21-18-15-12-9-6-3)84-102-90(95)78-75-72-69-66-63-60-57-55-51-49-34-32-29-26-23-20-17-14-11-8-5-2/h7,9-10,12,16-21,25-30,33-35,37-38,49,55,57,86-88,92-93H,4-6,8,11,13-15,22-24,31-32,36,39-48,50-54,56,58-85H2,1-3H3,(H,97,98)(H,99,100)/b10-7-,12-9-,19-16-,20-17-,21-18-,28-25-,29-26-,30-27-,35-33-,38-37-,49-34-,57-55-. The molecule has 626 valence electrons. The zero-order valence-electron chi connectivity index (χ0n) is 68.7. The minimum absolute atomic E-state index is 0.0862. The number of ether oxygens (including phenoxy) is 3. The fourth-order valence-corrected chi connectivity index (χ4v) is 13.1. The van der Waals surface area contributed by atoms with E-state index in [2.05, 4.69) is 167 Å². The second kappa shape index (κ2) is 82.9. The summed E-state index contributed by atoms with van der Waals surface area (Å²) >= 11 is 0. The summed E-state index contributed by atoms with van der Waals surface area (Å²) in [6.07, 6.45) is 103. The highest BCUT2D eigenvalue weighted by Crippen LogP contribution is 2.45. The highest BCUT2D eigenvalue weighted by atomic mass is 31.2. The van der Waals surface area contributed by atoms with Crippen molar-refractivity contribution in [3.8, 4) is 0 Å². The molecule has 0 aliphatic carbocycles. The minimum Gasteiger partial charge on any atom is -0.463 e. The number of rotatable bonds is 81. The van der Waals surface area contributed by atoms with E-state index < -0.39 is 91.5 Å². The van der Waals surface area contributed by atoms with Crippen molar-refractivity contribution in [3.63, 3.8) is 0 Å². The van der Waals surface area contributed by atoms with E-state index in [1.165, 1.54) is 128 Å². The van der Waals surface area contributed by atoms with Gasteiger partial charge in [-0.05, 0) is 141 Å². The predicted octanol–water partition coefficient (Wildman–Crippen LogP) is 26.0. The van der Waals surface area contributed by atoms with Gasteiger partial charge < -0.3 is 34.2 Å². The van der Waals surface area contributed by atoms with E-state index in [4.69, 9.17) is 32.3 Å². The predicted molar refractivity (Wildman–Crippen MR) is 454 cm³/mol. The van der Waals surface area contributed by atoms with Crippen molar-refractivity contribution in [2.45, 2.75) is 373 Å². The second-order valence-electron chi connectivity index (χ2n) is 28.6. The van der Waals surface area contributed by atoms with Gasteiger partial charge in [-0.3, -0.25) is 32.5 Å². The van der Waals surface area contributed by atoms with Crippen LogP contribution in [0.25, 0.3) is 0 Å². The molecule has 0 heterocycles. The van der Waals surface area contributed by atoms with Crippen molar-refractivity contribution in [3.05, 3.63) is 146 Å². The lowest BCUT2D eigenvalue weighted by Gasteiger charge is -2.21. The monoisotopic (exact) mass is 1570 g/mol. The van der Waals surface area contributed by atoms with E-state index in [0.717, 1.165) is 167 Å². The molecule has 0 aromatic rings. The number of esters is 3. The third kappa shape index (κ3) is 84.2. The first-order chi connectivity index (χ1) is 53.2. The number of unbranched alkanes of at least 4 members (excludes halogenated alkanes) is 34. The van der Waals surface area contributed by atoms with Gasteiger partial charge in [-0.15, -0.1) is 0 Å². The van der Waals surface area contributed by atoms with Crippen LogP contribution >= 0.6 is 15.6 Å². The van der Waals surface area contributed by atoms with Gasteiger partial charge in [-0.2, -0.15) is 0 Å². The Bertz CT molecular complexity index is 2560. The van der Waals surface area contributed by atoms with Gasteiger partial charge in [0, 0.05) is 19.3 Å². The van der Waals surface area contributed by atoms with Gasteiger partial charge in [0.2, 0.25) is 0 Å². The van der Waals surface area contributed by atoms with Crippen LogP contribution in [0.1, 0.15) is 355 Å². The molecule has 4 N–H and O–H groups in total. The summed E-state index contributed by atoms with van der Waals surface area (Å²) in [4.78, 5) is 58.8. The molecule has 0 aliphatic heterocycles. The van der Waals surface area contributed by atoms with Gasteiger partial charge in [-0.1, -0.05) is 340 Å². The average Bonchev–Trinajstić information content (AvgIpc) is 0.912. The van der Waals surface area contributed by atoms with Gasteiger partial charge >= 0.3 is 33.6 Å². The fourth-order valence-electron chi connectivity index (χ4n) is 11.5. The SMILES string of the molecule is CC/C=C\C/C=C\C/C=C\C/C=C\C/C=C\CCCCCCCCCCCCCCCCCCCCCC(=O)OCC(O)COP(=O)(O)OCC(O)COP(=O)(O)OCC(COC(=O)CCCCCCC/C=C\C/C=C\C/C=C\C/C=C\CCCCC)OC(=O)CCCCCCCCC/C=C\C/C=C\C/C=C\CC. The summed E-state index contributed by atoms with van der Waals surface area (Å²) < 4.78 is 61.3. The summed E-state index contributed by atoms with van der Waals surface area (Å²) in [5.74, 6) is -1.60. The molecule has 0 aromatic heterocycles. The molecule has 0 spiro atoms. The lowest BCUT2D eigenvalue weighted by atomic mass is 10.0. The first-order valence-corrected chi connectivity index (χ1v) is 46.1. The first kappa shape index (κ1) is 104. The summed E-state index contributed by atoms with van der Waals surface area (Å²) in [6, 6.07) is 0. The molecule has 0 aliphatic rings. The Balaban J connectivity index is 4.46. The molecule has 0 saturated heterocycles. The van der Waals surface area contributed by atoms with Crippen LogP contribution in [-0.4, -0.2) is 95.9 Å².